The van der Waals surface area contributed by atoms with Crippen LogP contribution in [0.15, 0.2) is 18.2 Å². The Morgan fingerprint density at radius 1 is 1.43 bits per heavy atom. The van der Waals surface area contributed by atoms with Crippen LogP contribution in [0, 0.1) is 9.49 Å². The molecule has 1 fully saturated rings. The standard InChI is InChI=1S/C15H18ClIN2O2/c16-11-4-5-12(13(17)8-11)15(21)19-7-1-2-10(9-19)3-6-14(18)20/h4-5,8,10H,1-3,6-7,9H2,(H2,18,20). The number of nitrogens with zero attached hydrogens (tertiary/aromatic N) is 1. The van der Waals surface area contributed by atoms with Gasteiger partial charge in [0, 0.05) is 28.1 Å². The predicted octanol–water partition coefficient (Wildman–Crippen LogP) is 3.06. The van der Waals surface area contributed by atoms with Gasteiger partial charge in [-0.15, -0.1) is 0 Å². The van der Waals surface area contributed by atoms with Gasteiger partial charge in [-0.2, -0.15) is 0 Å². The fourth-order valence-corrected chi connectivity index (χ4v) is 3.77. The van der Waals surface area contributed by atoms with Crippen molar-refractivity contribution in [3.63, 3.8) is 0 Å². The summed E-state index contributed by atoms with van der Waals surface area (Å²) in [6.45, 7) is 1.47. The summed E-state index contributed by atoms with van der Waals surface area (Å²) < 4.78 is 0.865. The van der Waals surface area contributed by atoms with Crippen molar-refractivity contribution >= 4 is 46.0 Å². The molecular weight excluding hydrogens is 403 g/mol. The van der Waals surface area contributed by atoms with Crippen molar-refractivity contribution < 1.29 is 9.59 Å². The number of nitrogens with two attached hydrogens (primary N) is 1. The second-order valence-corrected chi connectivity index (χ2v) is 6.99. The number of benzene rings is 1. The molecule has 0 spiro atoms. The molecule has 1 atom stereocenters. The zero-order valence-electron chi connectivity index (χ0n) is 11.6. The van der Waals surface area contributed by atoms with Crippen LogP contribution in [0.4, 0.5) is 0 Å². The van der Waals surface area contributed by atoms with E-state index in [1.54, 1.807) is 18.2 Å². The molecule has 4 nitrogen and oxygen atoms in total. The zero-order valence-corrected chi connectivity index (χ0v) is 14.6. The molecule has 114 valence electrons. The average molecular weight is 421 g/mol. The van der Waals surface area contributed by atoms with Gasteiger partial charge in [0.15, 0.2) is 0 Å². The molecule has 0 bridgehead atoms. The lowest BCUT2D eigenvalue weighted by molar-refractivity contribution is -0.118. The van der Waals surface area contributed by atoms with Gasteiger partial charge >= 0.3 is 0 Å². The number of primary amides is 1. The first-order valence-corrected chi connectivity index (χ1v) is 8.45. The van der Waals surface area contributed by atoms with Crippen LogP contribution in [-0.4, -0.2) is 29.8 Å². The molecule has 1 unspecified atom stereocenters. The van der Waals surface area contributed by atoms with E-state index in [0.717, 1.165) is 29.4 Å². The SMILES string of the molecule is NC(=O)CCC1CCCN(C(=O)c2ccc(Cl)cc2I)C1. The lowest BCUT2D eigenvalue weighted by Gasteiger charge is -2.33. The Morgan fingerprint density at radius 3 is 2.86 bits per heavy atom. The minimum absolute atomic E-state index is 0.0415. The van der Waals surface area contributed by atoms with Gasteiger partial charge in [0.1, 0.15) is 0 Å². The summed E-state index contributed by atoms with van der Waals surface area (Å²) >= 11 is 8.06. The number of carbonyl (C=O) groups is 2. The molecule has 1 aliphatic rings. The van der Waals surface area contributed by atoms with Gasteiger partial charge < -0.3 is 10.6 Å². The van der Waals surface area contributed by atoms with Crippen LogP contribution < -0.4 is 5.73 Å². The van der Waals surface area contributed by atoms with E-state index in [4.69, 9.17) is 17.3 Å². The highest BCUT2D eigenvalue weighted by Crippen LogP contribution is 2.25. The summed E-state index contributed by atoms with van der Waals surface area (Å²) in [7, 11) is 0. The fraction of sp³-hybridized carbons (Fsp3) is 0.467. The largest absolute Gasteiger partial charge is 0.370 e. The minimum Gasteiger partial charge on any atom is -0.370 e. The lowest BCUT2D eigenvalue weighted by atomic mass is 9.93. The number of likely N-dealkylation sites (tertiary alicyclic amines) is 1. The molecule has 6 heteroatoms. The first-order valence-electron chi connectivity index (χ1n) is 7.00. The number of hydrogen-bond acceptors (Lipinski definition) is 2. The molecule has 21 heavy (non-hydrogen) atoms. The van der Waals surface area contributed by atoms with Crippen molar-refractivity contribution in [3.05, 3.63) is 32.4 Å². The first kappa shape index (κ1) is 16.5. The topological polar surface area (TPSA) is 63.4 Å². The van der Waals surface area contributed by atoms with Gasteiger partial charge in [0.2, 0.25) is 5.91 Å². The number of amides is 2. The van der Waals surface area contributed by atoms with Crippen molar-refractivity contribution in [2.75, 3.05) is 13.1 Å². The molecule has 0 radical (unpaired) electrons. The second-order valence-electron chi connectivity index (χ2n) is 5.39. The minimum atomic E-state index is -0.273. The van der Waals surface area contributed by atoms with Gasteiger partial charge in [0.05, 0.1) is 5.56 Å². The number of piperidine rings is 1. The Balaban J connectivity index is 2.03. The van der Waals surface area contributed by atoms with E-state index >= 15 is 0 Å². The molecule has 1 aromatic carbocycles. The maximum absolute atomic E-state index is 12.6. The predicted molar refractivity (Wildman–Crippen MR) is 91.2 cm³/mol. The van der Waals surface area contributed by atoms with Crippen LogP contribution in [0.1, 0.15) is 36.0 Å². The summed E-state index contributed by atoms with van der Waals surface area (Å²) in [5.74, 6) is 0.130. The summed E-state index contributed by atoms with van der Waals surface area (Å²) in [5.41, 5.74) is 5.89. The third-order valence-corrected chi connectivity index (χ3v) is 4.89. The van der Waals surface area contributed by atoms with Crippen LogP contribution in [-0.2, 0) is 4.79 Å². The highest BCUT2D eigenvalue weighted by atomic mass is 127. The van der Waals surface area contributed by atoms with Gasteiger partial charge in [0.25, 0.3) is 5.91 Å². The van der Waals surface area contributed by atoms with E-state index in [1.807, 2.05) is 4.90 Å². The van der Waals surface area contributed by atoms with E-state index in [9.17, 15) is 9.59 Å². The van der Waals surface area contributed by atoms with Crippen molar-refractivity contribution in [1.29, 1.82) is 0 Å². The maximum Gasteiger partial charge on any atom is 0.254 e. The third kappa shape index (κ3) is 4.57. The molecule has 1 aliphatic heterocycles. The second kappa shape index (κ2) is 7.45. The molecular formula is C15H18ClIN2O2. The van der Waals surface area contributed by atoms with Gasteiger partial charge in [-0.3, -0.25) is 9.59 Å². The first-order chi connectivity index (χ1) is 9.97. The average Bonchev–Trinajstić information content (AvgIpc) is 2.45. The van der Waals surface area contributed by atoms with Crippen LogP contribution in [0.5, 0.6) is 0 Å². The molecule has 0 aliphatic carbocycles. The van der Waals surface area contributed by atoms with Crippen molar-refractivity contribution in [2.45, 2.75) is 25.7 Å². The van der Waals surface area contributed by atoms with E-state index < -0.39 is 0 Å². The van der Waals surface area contributed by atoms with Crippen molar-refractivity contribution in [3.8, 4) is 0 Å². The van der Waals surface area contributed by atoms with Crippen molar-refractivity contribution in [1.82, 2.24) is 4.90 Å². The van der Waals surface area contributed by atoms with Gasteiger partial charge in [-0.25, -0.2) is 0 Å². The summed E-state index contributed by atoms with van der Waals surface area (Å²) in [6.07, 6.45) is 3.18. The van der Waals surface area contributed by atoms with E-state index in [0.29, 0.717) is 29.5 Å². The molecule has 2 amide bonds. The Kier molecular flexibility index (Phi) is 5.87. The fourth-order valence-electron chi connectivity index (χ4n) is 2.66. The number of hydrogen-bond donors (Lipinski definition) is 1. The number of halogens is 2. The van der Waals surface area contributed by atoms with Crippen LogP contribution in [0.2, 0.25) is 5.02 Å². The van der Waals surface area contributed by atoms with E-state index in [-0.39, 0.29) is 11.8 Å². The quantitative estimate of drug-likeness (QED) is 0.761. The summed E-state index contributed by atoms with van der Waals surface area (Å²) in [5, 5.41) is 0.633. The van der Waals surface area contributed by atoms with Crippen LogP contribution in [0.3, 0.4) is 0 Å². The molecule has 1 heterocycles. The van der Waals surface area contributed by atoms with Crippen LogP contribution in [0.25, 0.3) is 0 Å². The monoisotopic (exact) mass is 420 g/mol. The number of carbonyl (C=O) groups excluding carboxylic acids is 2. The smallest absolute Gasteiger partial charge is 0.254 e. The highest BCUT2D eigenvalue weighted by Gasteiger charge is 2.25. The Morgan fingerprint density at radius 2 is 2.19 bits per heavy atom. The summed E-state index contributed by atoms with van der Waals surface area (Å²) in [4.78, 5) is 25.4. The molecule has 2 rings (SSSR count). The van der Waals surface area contributed by atoms with E-state index in [1.165, 1.54) is 0 Å². The zero-order chi connectivity index (χ0) is 15.4. The lowest BCUT2D eigenvalue weighted by Crippen LogP contribution is -2.40. The maximum atomic E-state index is 12.6. The molecule has 0 saturated carbocycles. The molecule has 0 aromatic heterocycles. The van der Waals surface area contributed by atoms with Crippen molar-refractivity contribution in [2.24, 2.45) is 11.7 Å². The number of rotatable bonds is 4. The van der Waals surface area contributed by atoms with Crippen LogP contribution >= 0.6 is 34.2 Å². The van der Waals surface area contributed by atoms with Gasteiger partial charge in [-0.1, -0.05) is 11.6 Å². The highest BCUT2D eigenvalue weighted by molar-refractivity contribution is 14.1. The Hall–Kier alpha value is -0.820. The molecule has 2 N–H and O–H groups in total. The third-order valence-electron chi connectivity index (χ3n) is 3.77. The van der Waals surface area contributed by atoms with Gasteiger partial charge in [-0.05, 0) is 66.0 Å². The molecule has 1 saturated heterocycles. The normalized spacial score (nSPS) is 18.6. The molecule has 1 aromatic rings. The Bertz CT molecular complexity index is 550. The Labute approximate surface area is 143 Å². The van der Waals surface area contributed by atoms with E-state index in [2.05, 4.69) is 22.6 Å². The summed E-state index contributed by atoms with van der Waals surface area (Å²) in [6, 6.07) is 5.31.